The number of methoxy groups -OCH3 is 1. The molecule has 0 bridgehead atoms. The molecule has 2 N–H and O–H groups in total. The van der Waals surface area contributed by atoms with E-state index in [0.717, 1.165) is 10.6 Å². The van der Waals surface area contributed by atoms with E-state index < -0.39 is 6.10 Å². The van der Waals surface area contributed by atoms with Gasteiger partial charge in [-0.05, 0) is 12.1 Å². The zero-order chi connectivity index (χ0) is 14.2. The summed E-state index contributed by atoms with van der Waals surface area (Å²) >= 11 is 1.59. The quantitative estimate of drug-likeness (QED) is 0.775. The highest BCUT2D eigenvalue weighted by atomic mass is 32.1. The fraction of sp³-hybridized carbons (Fsp3) is 0.357. The molecular weight excluding hydrogens is 276 g/mol. The molecule has 2 aromatic rings. The van der Waals surface area contributed by atoms with E-state index >= 15 is 0 Å². The molecule has 0 aliphatic heterocycles. The second-order valence-electron chi connectivity index (χ2n) is 4.24. The summed E-state index contributed by atoms with van der Waals surface area (Å²) in [5.41, 5.74) is 1.79. The van der Waals surface area contributed by atoms with E-state index in [-0.39, 0.29) is 6.61 Å². The lowest BCUT2D eigenvalue weighted by atomic mass is 10.3. The lowest BCUT2D eigenvalue weighted by Crippen LogP contribution is -2.30. The van der Waals surface area contributed by atoms with Gasteiger partial charge < -0.3 is 19.9 Å². The molecule has 2 rings (SSSR count). The number of aliphatic hydroxyl groups is 1. The number of aromatic nitrogens is 1. The van der Waals surface area contributed by atoms with Gasteiger partial charge in [0.2, 0.25) is 0 Å². The van der Waals surface area contributed by atoms with Crippen LogP contribution in [0.1, 0.15) is 4.88 Å². The second kappa shape index (κ2) is 7.84. The summed E-state index contributed by atoms with van der Waals surface area (Å²) in [6.07, 6.45) is 1.26. The first-order valence-electron chi connectivity index (χ1n) is 6.31. The van der Waals surface area contributed by atoms with Gasteiger partial charge in [0.25, 0.3) is 0 Å². The normalized spacial score (nSPS) is 12.1. The van der Waals surface area contributed by atoms with Crippen LogP contribution in [0.25, 0.3) is 0 Å². The van der Waals surface area contributed by atoms with Crippen LogP contribution in [0.4, 0.5) is 0 Å². The van der Waals surface area contributed by atoms with Crippen LogP contribution in [0.3, 0.4) is 0 Å². The molecule has 20 heavy (non-hydrogen) atoms. The summed E-state index contributed by atoms with van der Waals surface area (Å²) in [6, 6.07) is 7.32. The van der Waals surface area contributed by atoms with E-state index in [9.17, 15) is 5.11 Å². The van der Waals surface area contributed by atoms with Gasteiger partial charge in [-0.1, -0.05) is 6.07 Å². The minimum atomic E-state index is -0.561. The molecule has 6 heteroatoms. The number of rotatable bonds is 8. The van der Waals surface area contributed by atoms with Crippen molar-refractivity contribution < 1.29 is 14.6 Å². The van der Waals surface area contributed by atoms with Gasteiger partial charge in [-0.2, -0.15) is 0 Å². The fourth-order valence-corrected chi connectivity index (χ4v) is 2.20. The predicted octanol–water partition coefficient (Wildman–Crippen LogP) is 1.68. The van der Waals surface area contributed by atoms with Crippen LogP contribution in [-0.2, 0) is 6.54 Å². The molecular formula is C14H18N2O3S. The molecule has 0 amide bonds. The molecule has 1 aromatic heterocycles. The average molecular weight is 294 g/mol. The van der Waals surface area contributed by atoms with Crippen LogP contribution in [0.2, 0.25) is 0 Å². The van der Waals surface area contributed by atoms with Gasteiger partial charge in [0.15, 0.2) is 0 Å². The van der Waals surface area contributed by atoms with Crippen molar-refractivity contribution in [2.75, 3.05) is 20.3 Å². The maximum atomic E-state index is 9.83. The Bertz CT molecular complexity index is 505. The van der Waals surface area contributed by atoms with Crippen LogP contribution in [0.15, 0.2) is 36.0 Å². The first-order chi connectivity index (χ1) is 9.78. The Balaban J connectivity index is 1.67. The summed E-state index contributed by atoms with van der Waals surface area (Å²) in [5.74, 6) is 1.42. The topological polar surface area (TPSA) is 63.6 Å². The van der Waals surface area contributed by atoms with Gasteiger partial charge in [-0.25, -0.2) is 0 Å². The van der Waals surface area contributed by atoms with Gasteiger partial charge in [-0.15, -0.1) is 11.3 Å². The largest absolute Gasteiger partial charge is 0.497 e. The molecule has 1 aromatic carbocycles. The van der Waals surface area contributed by atoms with Gasteiger partial charge in [0.1, 0.15) is 24.2 Å². The number of aliphatic hydroxyl groups excluding tert-OH is 1. The molecule has 1 heterocycles. The van der Waals surface area contributed by atoms with E-state index in [1.54, 1.807) is 30.0 Å². The number of benzene rings is 1. The maximum absolute atomic E-state index is 9.83. The van der Waals surface area contributed by atoms with Crippen molar-refractivity contribution in [3.63, 3.8) is 0 Å². The van der Waals surface area contributed by atoms with Gasteiger partial charge >= 0.3 is 0 Å². The highest BCUT2D eigenvalue weighted by molar-refractivity contribution is 7.09. The molecule has 0 fully saturated rings. The molecule has 0 aliphatic carbocycles. The van der Waals surface area contributed by atoms with E-state index in [1.807, 2.05) is 24.4 Å². The molecule has 0 aliphatic rings. The third kappa shape index (κ3) is 4.80. The molecule has 108 valence electrons. The molecule has 0 spiro atoms. The lowest BCUT2D eigenvalue weighted by molar-refractivity contribution is 0.106. The van der Waals surface area contributed by atoms with E-state index in [1.165, 1.54) is 0 Å². The van der Waals surface area contributed by atoms with E-state index in [2.05, 4.69) is 10.3 Å². The van der Waals surface area contributed by atoms with Crippen molar-refractivity contribution in [3.05, 3.63) is 40.8 Å². The van der Waals surface area contributed by atoms with Crippen molar-refractivity contribution >= 4 is 11.3 Å². The second-order valence-corrected chi connectivity index (χ2v) is 5.21. The van der Waals surface area contributed by atoms with Crippen molar-refractivity contribution in [2.24, 2.45) is 0 Å². The van der Waals surface area contributed by atoms with Gasteiger partial charge in [-0.3, -0.25) is 4.98 Å². The Labute approximate surface area is 122 Å². The molecule has 0 saturated carbocycles. The van der Waals surface area contributed by atoms with E-state index in [0.29, 0.717) is 18.8 Å². The Kier molecular flexibility index (Phi) is 5.79. The van der Waals surface area contributed by atoms with Crippen molar-refractivity contribution in [2.45, 2.75) is 12.6 Å². The number of nitrogens with zero attached hydrogens (tertiary/aromatic N) is 1. The van der Waals surface area contributed by atoms with Crippen LogP contribution in [0.5, 0.6) is 11.5 Å². The number of hydrogen-bond acceptors (Lipinski definition) is 6. The van der Waals surface area contributed by atoms with Crippen LogP contribution >= 0.6 is 11.3 Å². The smallest absolute Gasteiger partial charge is 0.123 e. The zero-order valence-electron chi connectivity index (χ0n) is 11.3. The van der Waals surface area contributed by atoms with Crippen molar-refractivity contribution in [1.82, 2.24) is 10.3 Å². The highest BCUT2D eigenvalue weighted by Gasteiger charge is 2.06. The van der Waals surface area contributed by atoms with Crippen LogP contribution in [-0.4, -0.2) is 36.5 Å². The summed E-state index contributed by atoms with van der Waals surface area (Å²) in [6.45, 7) is 1.42. The van der Waals surface area contributed by atoms with Crippen LogP contribution in [0, 0.1) is 0 Å². The summed E-state index contributed by atoms with van der Waals surface area (Å²) < 4.78 is 10.6. The number of ether oxygens (including phenoxy) is 2. The Morgan fingerprint density at radius 3 is 3.00 bits per heavy atom. The Hall–Kier alpha value is -1.63. The predicted molar refractivity (Wildman–Crippen MR) is 78.3 cm³/mol. The number of nitrogens with one attached hydrogen (secondary N) is 1. The minimum absolute atomic E-state index is 0.239. The van der Waals surface area contributed by atoms with E-state index in [4.69, 9.17) is 9.47 Å². The monoisotopic (exact) mass is 294 g/mol. The summed E-state index contributed by atoms with van der Waals surface area (Å²) in [4.78, 5) is 5.14. The first kappa shape index (κ1) is 14.8. The number of hydrogen-bond donors (Lipinski definition) is 2. The minimum Gasteiger partial charge on any atom is -0.497 e. The molecule has 0 saturated heterocycles. The lowest BCUT2D eigenvalue weighted by Gasteiger charge is -2.13. The third-order valence-electron chi connectivity index (χ3n) is 2.65. The Morgan fingerprint density at radius 2 is 2.25 bits per heavy atom. The first-order valence-corrected chi connectivity index (χ1v) is 7.19. The molecule has 5 nitrogen and oxygen atoms in total. The standard InChI is InChI=1S/C14H18N2O3S/c1-18-12-3-2-4-13(5-12)19-9-11(17)6-15-7-14-8-16-10-20-14/h2-5,8,10-11,15,17H,6-7,9H2,1H3. The van der Waals surface area contributed by atoms with Crippen molar-refractivity contribution in [3.8, 4) is 11.5 Å². The summed E-state index contributed by atoms with van der Waals surface area (Å²) in [7, 11) is 1.61. The molecule has 1 unspecified atom stereocenters. The van der Waals surface area contributed by atoms with Crippen LogP contribution < -0.4 is 14.8 Å². The van der Waals surface area contributed by atoms with Gasteiger partial charge in [0.05, 0.1) is 12.6 Å². The molecule has 0 radical (unpaired) electrons. The highest BCUT2D eigenvalue weighted by Crippen LogP contribution is 2.18. The average Bonchev–Trinajstić information content (AvgIpc) is 2.98. The Morgan fingerprint density at radius 1 is 1.40 bits per heavy atom. The SMILES string of the molecule is COc1cccc(OCC(O)CNCc2cncs2)c1. The fourth-order valence-electron chi connectivity index (χ4n) is 1.63. The maximum Gasteiger partial charge on any atom is 0.123 e. The third-order valence-corrected chi connectivity index (χ3v) is 3.43. The summed E-state index contributed by atoms with van der Waals surface area (Å²) in [5, 5.41) is 13.0. The van der Waals surface area contributed by atoms with Gasteiger partial charge in [0, 0.05) is 30.2 Å². The number of thiazole rings is 1. The van der Waals surface area contributed by atoms with Crippen molar-refractivity contribution in [1.29, 1.82) is 0 Å². The zero-order valence-corrected chi connectivity index (χ0v) is 12.1. The molecule has 1 atom stereocenters.